The monoisotopic (exact) mass is 460 g/mol. The average Bonchev–Trinajstić information content (AvgIpc) is 2.73. The fourth-order valence-corrected chi connectivity index (χ4v) is 4.68. The highest BCUT2D eigenvalue weighted by Gasteiger charge is 2.25. The van der Waals surface area contributed by atoms with Crippen LogP contribution in [0, 0.1) is 0 Å². The highest BCUT2D eigenvalue weighted by molar-refractivity contribution is 7.90. The highest BCUT2D eigenvalue weighted by Crippen LogP contribution is 2.28. The van der Waals surface area contributed by atoms with Crippen molar-refractivity contribution in [2.75, 3.05) is 11.9 Å². The summed E-state index contributed by atoms with van der Waals surface area (Å²) in [5.41, 5.74) is 2.31. The van der Waals surface area contributed by atoms with Crippen LogP contribution in [0.25, 0.3) is 0 Å². The van der Waals surface area contributed by atoms with E-state index in [1.165, 1.54) is 6.07 Å². The Morgan fingerprint density at radius 1 is 1.00 bits per heavy atom. The third-order valence-corrected chi connectivity index (χ3v) is 6.79. The second-order valence-corrected chi connectivity index (χ2v) is 9.15. The van der Waals surface area contributed by atoms with Crippen LogP contribution in [-0.4, -0.2) is 25.8 Å². The molecule has 3 aromatic rings. The predicted molar refractivity (Wildman–Crippen MR) is 120 cm³/mol. The summed E-state index contributed by atoms with van der Waals surface area (Å²) in [4.78, 5) is 4.56. The van der Waals surface area contributed by atoms with Gasteiger partial charge in [-0.15, -0.1) is 4.40 Å². The number of rotatable bonds is 6. The molecule has 1 unspecified atom stereocenters. The van der Waals surface area contributed by atoms with Gasteiger partial charge in [0.15, 0.2) is 0 Å². The van der Waals surface area contributed by atoms with Crippen LogP contribution in [0.4, 0.5) is 5.69 Å². The fraction of sp³-hybridized carbons (Fsp3) is 0.143. The van der Waals surface area contributed by atoms with Crippen LogP contribution in [0.15, 0.2) is 76.2 Å². The maximum atomic E-state index is 12.5. The topological polar surface area (TPSA) is 83.5 Å². The van der Waals surface area contributed by atoms with Crippen molar-refractivity contribution in [3.8, 4) is 0 Å². The zero-order chi connectivity index (χ0) is 21.1. The maximum absolute atomic E-state index is 12.5. The van der Waals surface area contributed by atoms with Crippen LogP contribution < -0.4 is 10.6 Å². The van der Waals surface area contributed by atoms with Crippen LogP contribution >= 0.6 is 23.2 Å². The number of benzene rings is 2. The van der Waals surface area contributed by atoms with E-state index in [4.69, 9.17) is 23.2 Å². The fourth-order valence-electron chi connectivity index (χ4n) is 3.23. The molecule has 0 amide bonds. The Labute approximate surface area is 185 Å². The summed E-state index contributed by atoms with van der Waals surface area (Å²) in [6.07, 6.45) is 2.31. The minimum absolute atomic E-state index is 0.170. The first-order valence-electron chi connectivity index (χ1n) is 9.20. The number of amidine groups is 1. The molecule has 154 valence electrons. The number of nitrogens with zero attached hydrogens (tertiary/aromatic N) is 2. The molecule has 1 atom stereocenters. The van der Waals surface area contributed by atoms with Gasteiger partial charge >= 0.3 is 0 Å². The van der Waals surface area contributed by atoms with Gasteiger partial charge in [-0.25, -0.2) is 0 Å². The van der Waals surface area contributed by atoms with Crippen molar-refractivity contribution in [3.05, 3.63) is 88.2 Å². The molecular formula is C21H18Cl2N4O2S. The number of pyridine rings is 1. The maximum Gasteiger partial charge on any atom is 0.286 e. The molecule has 4 rings (SSSR count). The number of sulfonamides is 1. The number of hydrogen-bond acceptors (Lipinski definition) is 5. The molecule has 1 aromatic heterocycles. The van der Waals surface area contributed by atoms with Gasteiger partial charge in [-0.3, -0.25) is 4.98 Å². The molecule has 0 aliphatic carbocycles. The molecule has 0 fully saturated rings. The number of nitrogens with one attached hydrogen (secondary N) is 2. The summed E-state index contributed by atoms with van der Waals surface area (Å²) in [5.74, 6) is 0.319. The lowest BCUT2D eigenvalue weighted by atomic mass is 10.0. The Balaban J connectivity index is 1.58. The van der Waals surface area contributed by atoms with Gasteiger partial charge in [-0.05, 0) is 42.0 Å². The van der Waals surface area contributed by atoms with Gasteiger partial charge < -0.3 is 10.6 Å². The lowest BCUT2D eigenvalue weighted by Gasteiger charge is -2.23. The minimum Gasteiger partial charge on any atom is -0.341 e. The van der Waals surface area contributed by atoms with Crippen molar-refractivity contribution in [2.24, 2.45) is 4.40 Å². The van der Waals surface area contributed by atoms with Crippen LogP contribution in [0.1, 0.15) is 17.3 Å². The summed E-state index contributed by atoms with van der Waals surface area (Å²) < 4.78 is 28.9. The molecule has 2 heterocycles. The average molecular weight is 461 g/mol. The third-order valence-electron chi connectivity index (χ3n) is 4.68. The Morgan fingerprint density at radius 2 is 1.80 bits per heavy atom. The molecule has 30 heavy (non-hydrogen) atoms. The standard InChI is InChI=1S/C21H18Cl2N4O2S/c22-16-9-8-14(11-17(16)23)19(12-15-5-3-4-10-24-15)25-13-21-26-18-6-1-2-7-20(18)30(28,29)27-21/h1-11,19,25H,12-13H2,(H,26,27). The normalized spacial score (nSPS) is 15.6. The molecule has 0 saturated heterocycles. The van der Waals surface area contributed by atoms with Crippen molar-refractivity contribution in [1.82, 2.24) is 10.3 Å². The van der Waals surface area contributed by atoms with E-state index in [2.05, 4.69) is 20.0 Å². The van der Waals surface area contributed by atoms with Crippen molar-refractivity contribution < 1.29 is 8.42 Å². The van der Waals surface area contributed by atoms with Gasteiger partial charge in [0.2, 0.25) is 0 Å². The van der Waals surface area contributed by atoms with Gasteiger partial charge in [-0.2, -0.15) is 8.42 Å². The highest BCUT2D eigenvalue weighted by atomic mass is 35.5. The molecule has 0 saturated carbocycles. The zero-order valence-corrected chi connectivity index (χ0v) is 18.0. The molecule has 1 aliphatic heterocycles. The van der Waals surface area contributed by atoms with Gasteiger partial charge in [0.1, 0.15) is 10.7 Å². The number of anilines is 1. The second-order valence-electron chi connectivity index (χ2n) is 6.77. The number of fused-ring (bicyclic) bond motifs is 1. The quantitative estimate of drug-likeness (QED) is 0.566. The smallest absolute Gasteiger partial charge is 0.286 e. The summed E-state index contributed by atoms with van der Waals surface area (Å²) in [7, 11) is -3.74. The largest absolute Gasteiger partial charge is 0.341 e. The van der Waals surface area contributed by atoms with Crippen molar-refractivity contribution in [2.45, 2.75) is 17.4 Å². The Kier molecular flexibility index (Phi) is 6.06. The Morgan fingerprint density at radius 3 is 2.57 bits per heavy atom. The van der Waals surface area contributed by atoms with E-state index in [0.717, 1.165) is 11.3 Å². The second kappa shape index (κ2) is 8.73. The van der Waals surface area contributed by atoms with E-state index in [1.807, 2.05) is 24.3 Å². The van der Waals surface area contributed by atoms with Crippen LogP contribution in [-0.2, 0) is 16.4 Å². The summed E-state index contributed by atoms with van der Waals surface area (Å²) in [6.45, 7) is 0.214. The van der Waals surface area contributed by atoms with Gasteiger partial charge in [0.05, 0.1) is 22.3 Å². The molecule has 2 aromatic carbocycles. The molecular weight excluding hydrogens is 443 g/mol. The summed E-state index contributed by atoms with van der Waals surface area (Å²) in [5, 5.41) is 7.38. The third kappa shape index (κ3) is 4.65. The molecule has 6 nitrogen and oxygen atoms in total. The van der Waals surface area contributed by atoms with E-state index in [0.29, 0.717) is 28.0 Å². The zero-order valence-electron chi connectivity index (χ0n) is 15.7. The number of para-hydroxylation sites is 1. The Hall–Kier alpha value is -2.45. The first-order chi connectivity index (χ1) is 14.4. The number of halogens is 2. The van der Waals surface area contributed by atoms with Crippen molar-refractivity contribution >= 4 is 44.7 Å². The first-order valence-corrected chi connectivity index (χ1v) is 11.4. The summed E-state index contributed by atoms with van der Waals surface area (Å²) >= 11 is 12.3. The SMILES string of the molecule is O=S1(=O)N=C(CNC(Cc2ccccn2)c2ccc(Cl)c(Cl)c2)Nc2ccccc21. The van der Waals surface area contributed by atoms with E-state index in [1.54, 1.807) is 36.5 Å². The number of aromatic nitrogens is 1. The predicted octanol–water partition coefficient (Wildman–Crippen LogP) is 4.47. The molecule has 2 N–H and O–H groups in total. The lowest BCUT2D eigenvalue weighted by Crippen LogP contribution is -2.35. The lowest BCUT2D eigenvalue weighted by molar-refractivity contribution is 0.564. The van der Waals surface area contributed by atoms with Crippen LogP contribution in [0.2, 0.25) is 10.0 Å². The van der Waals surface area contributed by atoms with E-state index >= 15 is 0 Å². The van der Waals surface area contributed by atoms with Crippen LogP contribution in [0.5, 0.6) is 0 Å². The minimum atomic E-state index is -3.74. The molecule has 0 spiro atoms. The number of hydrogen-bond donors (Lipinski definition) is 2. The van der Waals surface area contributed by atoms with Gasteiger partial charge in [0.25, 0.3) is 10.0 Å². The summed E-state index contributed by atoms with van der Waals surface area (Å²) in [6, 6.07) is 17.6. The van der Waals surface area contributed by atoms with Gasteiger partial charge in [0, 0.05) is 24.4 Å². The van der Waals surface area contributed by atoms with Crippen molar-refractivity contribution in [1.29, 1.82) is 0 Å². The van der Waals surface area contributed by atoms with E-state index in [9.17, 15) is 8.42 Å². The molecule has 0 radical (unpaired) electrons. The van der Waals surface area contributed by atoms with Gasteiger partial charge in [-0.1, -0.05) is 47.5 Å². The molecule has 9 heteroatoms. The van der Waals surface area contributed by atoms with Crippen LogP contribution in [0.3, 0.4) is 0 Å². The molecule has 1 aliphatic rings. The Bertz CT molecular complexity index is 1200. The first kappa shape index (κ1) is 20.8. The van der Waals surface area contributed by atoms with E-state index in [-0.39, 0.29) is 17.5 Å². The molecule has 0 bridgehead atoms. The van der Waals surface area contributed by atoms with Crippen molar-refractivity contribution in [3.63, 3.8) is 0 Å². The van der Waals surface area contributed by atoms with E-state index < -0.39 is 10.0 Å².